The van der Waals surface area contributed by atoms with E-state index in [0.29, 0.717) is 25.9 Å². The van der Waals surface area contributed by atoms with Gasteiger partial charge in [0, 0.05) is 19.2 Å². The SMILES string of the molecule is CCCCN(CCc1ccccc1)S(=O)(=O)c1ccccc1[N+](=O)[O-]. The lowest BCUT2D eigenvalue weighted by Gasteiger charge is -2.22. The molecule has 2 rings (SSSR count). The Bertz CT molecular complexity index is 807. The van der Waals surface area contributed by atoms with E-state index in [0.717, 1.165) is 12.0 Å². The van der Waals surface area contributed by atoms with Crippen LogP contribution in [0.25, 0.3) is 0 Å². The molecule has 0 N–H and O–H groups in total. The van der Waals surface area contributed by atoms with Gasteiger partial charge in [0.2, 0.25) is 10.0 Å². The second-order valence-electron chi connectivity index (χ2n) is 5.72. The fourth-order valence-corrected chi connectivity index (χ4v) is 4.19. The van der Waals surface area contributed by atoms with Crippen LogP contribution in [-0.2, 0) is 16.4 Å². The smallest absolute Gasteiger partial charge is 0.258 e. The maximum atomic E-state index is 13.0. The fourth-order valence-electron chi connectivity index (χ4n) is 2.55. The number of benzene rings is 2. The standard InChI is InChI=1S/C18H22N2O4S/c1-2-3-14-19(15-13-16-9-5-4-6-10-16)25(23,24)18-12-8-7-11-17(18)20(21)22/h4-12H,2-3,13-15H2,1H3. The molecule has 0 atom stereocenters. The fraction of sp³-hybridized carbons (Fsp3) is 0.333. The second kappa shape index (κ2) is 8.73. The van der Waals surface area contributed by atoms with Crippen LogP contribution < -0.4 is 0 Å². The normalized spacial score (nSPS) is 11.6. The zero-order valence-corrected chi connectivity index (χ0v) is 15.0. The predicted molar refractivity (Wildman–Crippen MR) is 96.9 cm³/mol. The molecule has 0 aliphatic heterocycles. The van der Waals surface area contributed by atoms with Crippen molar-refractivity contribution >= 4 is 15.7 Å². The van der Waals surface area contributed by atoms with Crippen molar-refractivity contribution in [2.24, 2.45) is 0 Å². The third kappa shape index (κ3) is 4.87. The Kier molecular flexibility index (Phi) is 6.66. The minimum absolute atomic E-state index is 0.246. The molecule has 0 bridgehead atoms. The molecule has 0 aliphatic carbocycles. The summed E-state index contributed by atoms with van der Waals surface area (Å²) in [6.45, 7) is 2.61. The Morgan fingerprint density at radius 1 is 1.00 bits per heavy atom. The number of unbranched alkanes of at least 4 members (excludes halogenated alkanes) is 1. The van der Waals surface area contributed by atoms with Crippen LogP contribution in [0.3, 0.4) is 0 Å². The van der Waals surface area contributed by atoms with Crippen molar-refractivity contribution in [1.29, 1.82) is 0 Å². The molecule has 0 aromatic heterocycles. The highest BCUT2D eigenvalue weighted by Gasteiger charge is 2.30. The van der Waals surface area contributed by atoms with Gasteiger partial charge in [0.1, 0.15) is 0 Å². The van der Waals surface area contributed by atoms with Crippen molar-refractivity contribution < 1.29 is 13.3 Å². The summed E-state index contributed by atoms with van der Waals surface area (Å²) in [7, 11) is -3.93. The zero-order valence-electron chi connectivity index (χ0n) is 14.2. The van der Waals surface area contributed by atoms with E-state index in [1.807, 2.05) is 37.3 Å². The molecule has 0 radical (unpaired) electrons. The van der Waals surface area contributed by atoms with Gasteiger partial charge in [-0.2, -0.15) is 4.31 Å². The van der Waals surface area contributed by atoms with Crippen molar-refractivity contribution in [2.75, 3.05) is 13.1 Å². The number of para-hydroxylation sites is 1. The number of sulfonamides is 1. The summed E-state index contributed by atoms with van der Waals surface area (Å²) in [5.74, 6) is 0. The molecule has 0 fully saturated rings. The summed E-state index contributed by atoms with van der Waals surface area (Å²) < 4.78 is 27.4. The van der Waals surface area contributed by atoms with E-state index in [-0.39, 0.29) is 10.6 Å². The van der Waals surface area contributed by atoms with Crippen molar-refractivity contribution in [2.45, 2.75) is 31.1 Å². The van der Waals surface area contributed by atoms with Crippen LogP contribution in [0.2, 0.25) is 0 Å². The minimum Gasteiger partial charge on any atom is -0.258 e. The first-order valence-electron chi connectivity index (χ1n) is 8.24. The average Bonchev–Trinajstić information content (AvgIpc) is 2.62. The van der Waals surface area contributed by atoms with Crippen LogP contribution in [0.5, 0.6) is 0 Å². The first kappa shape index (κ1) is 19.1. The number of rotatable bonds is 9. The first-order valence-corrected chi connectivity index (χ1v) is 9.68. The molecule has 7 heteroatoms. The molecule has 0 spiro atoms. The first-order chi connectivity index (χ1) is 12.0. The summed E-state index contributed by atoms with van der Waals surface area (Å²) in [6, 6.07) is 15.1. The molecule has 2 aromatic carbocycles. The minimum atomic E-state index is -3.93. The quantitative estimate of drug-likeness (QED) is 0.504. The largest absolute Gasteiger partial charge is 0.289 e. The third-order valence-corrected chi connectivity index (χ3v) is 5.88. The van der Waals surface area contributed by atoms with Crippen molar-refractivity contribution in [1.82, 2.24) is 4.31 Å². The Labute approximate surface area is 148 Å². The lowest BCUT2D eigenvalue weighted by atomic mass is 10.1. The summed E-state index contributed by atoms with van der Waals surface area (Å²) >= 11 is 0. The number of nitro groups is 1. The van der Waals surface area contributed by atoms with E-state index in [4.69, 9.17) is 0 Å². The van der Waals surface area contributed by atoms with E-state index in [9.17, 15) is 18.5 Å². The van der Waals surface area contributed by atoms with Gasteiger partial charge >= 0.3 is 0 Å². The van der Waals surface area contributed by atoms with Crippen LogP contribution in [0.15, 0.2) is 59.5 Å². The molecule has 0 unspecified atom stereocenters. The molecule has 0 heterocycles. The van der Waals surface area contributed by atoms with E-state index in [1.165, 1.54) is 28.6 Å². The maximum absolute atomic E-state index is 13.0. The highest BCUT2D eigenvalue weighted by molar-refractivity contribution is 7.89. The van der Waals surface area contributed by atoms with Gasteiger partial charge in [-0.1, -0.05) is 55.8 Å². The van der Waals surface area contributed by atoms with Crippen LogP contribution >= 0.6 is 0 Å². The maximum Gasteiger partial charge on any atom is 0.289 e. The van der Waals surface area contributed by atoms with Gasteiger partial charge in [-0.05, 0) is 24.5 Å². The molecular weight excluding hydrogens is 340 g/mol. The van der Waals surface area contributed by atoms with Crippen molar-refractivity contribution in [3.63, 3.8) is 0 Å². The molecule has 0 saturated heterocycles. The summed E-state index contributed by atoms with van der Waals surface area (Å²) in [6.07, 6.45) is 2.10. The Morgan fingerprint density at radius 3 is 2.28 bits per heavy atom. The molecule has 0 amide bonds. The lowest BCUT2D eigenvalue weighted by Crippen LogP contribution is -2.34. The topological polar surface area (TPSA) is 80.5 Å². The third-order valence-electron chi connectivity index (χ3n) is 3.93. The number of hydrogen-bond acceptors (Lipinski definition) is 4. The lowest BCUT2D eigenvalue weighted by molar-refractivity contribution is -0.387. The summed E-state index contributed by atoms with van der Waals surface area (Å²) in [5.41, 5.74) is 0.644. The molecular formula is C18H22N2O4S. The number of nitro benzene ring substituents is 1. The zero-order chi connectivity index (χ0) is 18.3. The summed E-state index contributed by atoms with van der Waals surface area (Å²) in [5, 5.41) is 11.2. The van der Waals surface area contributed by atoms with Gasteiger partial charge in [-0.25, -0.2) is 8.42 Å². The Morgan fingerprint density at radius 2 is 1.64 bits per heavy atom. The molecule has 134 valence electrons. The number of nitrogens with zero attached hydrogens (tertiary/aromatic N) is 2. The Hall–Kier alpha value is -2.25. The van der Waals surface area contributed by atoms with E-state index in [2.05, 4.69) is 0 Å². The van der Waals surface area contributed by atoms with Gasteiger partial charge in [0.05, 0.1) is 4.92 Å². The summed E-state index contributed by atoms with van der Waals surface area (Å²) in [4.78, 5) is 10.3. The van der Waals surface area contributed by atoms with Crippen molar-refractivity contribution in [3.05, 3.63) is 70.3 Å². The highest BCUT2D eigenvalue weighted by atomic mass is 32.2. The van der Waals surface area contributed by atoms with Crippen LogP contribution in [-0.4, -0.2) is 30.7 Å². The van der Waals surface area contributed by atoms with E-state index in [1.54, 1.807) is 0 Å². The van der Waals surface area contributed by atoms with Gasteiger partial charge in [-0.3, -0.25) is 10.1 Å². The van der Waals surface area contributed by atoms with Gasteiger partial charge in [0.25, 0.3) is 5.69 Å². The van der Waals surface area contributed by atoms with Crippen LogP contribution in [0, 0.1) is 10.1 Å². The monoisotopic (exact) mass is 362 g/mol. The molecule has 0 saturated carbocycles. The number of hydrogen-bond donors (Lipinski definition) is 0. The molecule has 0 aliphatic rings. The molecule has 25 heavy (non-hydrogen) atoms. The Balaban J connectivity index is 2.30. The van der Waals surface area contributed by atoms with Crippen LogP contribution in [0.1, 0.15) is 25.3 Å². The molecule has 6 nitrogen and oxygen atoms in total. The van der Waals surface area contributed by atoms with Gasteiger partial charge in [0.15, 0.2) is 4.90 Å². The van der Waals surface area contributed by atoms with Crippen molar-refractivity contribution in [3.8, 4) is 0 Å². The molecule has 2 aromatic rings. The van der Waals surface area contributed by atoms with Gasteiger partial charge < -0.3 is 0 Å². The van der Waals surface area contributed by atoms with Crippen LogP contribution in [0.4, 0.5) is 5.69 Å². The van der Waals surface area contributed by atoms with E-state index < -0.39 is 14.9 Å². The van der Waals surface area contributed by atoms with Gasteiger partial charge in [-0.15, -0.1) is 0 Å². The predicted octanol–water partition coefficient (Wildman–Crippen LogP) is 3.63. The highest BCUT2D eigenvalue weighted by Crippen LogP contribution is 2.26. The van der Waals surface area contributed by atoms with E-state index >= 15 is 0 Å². The second-order valence-corrected chi connectivity index (χ2v) is 7.62. The average molecular weight is 362 g/mol.